The zero-order valence-electron chi connectivity index (χ0n) is 27.9. The molecule has 1 aromatic rings. The SMILES string of the molecule is C[C@H]1CO[C@H]([C@@H](O)[C@@](C)(O)[C@H]2CC[C@@]34OCC#C[C@@H](c5ccccc5)CO[C@H]5CC[C@@]6(C)[C@@H](C5)C(=O)C=C3[C@@H]6CC[C@]24C)[C@@H]1CO. The number of ether oxygens (including phenoxy) is 3. The summed E-state index contributed by atoms with van der Waals surface area (Å²) in [5.74, 6) is 6.53. The summed E-state index contributed by atoms with van der Waals surface area (Å²) in [5.41, 5.74) is -0.840. The highest BCUT2D eigenvalue weighted by atomic mass is 16.5. The smallest absolute Gasteiger partial charge is 0.159 e. The number of hydrogen-bond donors (Lipinski definition) is 3. The molecule has 6 bridgehead atoms. The van der Waals surface area contributed by atoms with Crippen LogP contribution in [0.1, 0.15) is 84.1 Å². The van der Waals surface area contributed by atoms with Gasteiger partial charge in [-0.3, -0.25) is 4.79 Å². The molecular weight excluding hydrogens is 580 g/mol. The van der Waals surface area contributed by atoms with E-state index in [0.29, 0.717) is 26.1 Å². The van der Waals surface area contributed by atoms with Gasteiger partial charge in [0.2, 0.25) is 0 Å². The Bertz CT molecular complexity index is 1410. The van der Waals surface area contributed by atoms with Crippen molar-refractivity contribution >= 4 is 5.78 Å². The third-order valence-corrected chi connectivity index (χ3v) is 13.9. The minimum absolute atomic E-state index is 0.0303. The Morgan fingerprint density at radius 1 is 1.04 bits per heavy atom. The lowest BCUT2D eigenvalue weighted by molar-refractivity contribution is -0.201. The van der Waals surface area contributed by atoms with Gasteiger partial charge < -0.3 is 29.5 Å². The molecule has 0 aromatic heterocycles. The molecule has 9 rings (SSSR count). The summed E-state index contributed by atoms with van der Waals surface area (Å²) in [6.07, 6.45) is 5.69. The summed E-state index contributed by atoms with van der Waals surface area (Å²) >= 11 is 0. The molecule has 4 aliphatic heterocycles. The van der Waals surface area contributed by atoms with E-state index in [1.807, 2.05) is 31.2 Å². The average molecular weight is 633 g/mol. The molecule has 3 saturated carbocycles. The molecule has 7 heteroatoms. The van der Waals surface area contributed by atoms with Gasteiger partial charge in [-0.1, -0.05) is 62.9 Å². The van der Waals surface area contributed by atoms with Gasteiger partial charge in [0.25, 0.3) is 0 Å². The van der Waals surface area contributed by atoms with Crippen LogP contribution in [0.2, 0.25) is 0 Å². The van der Waals surface area contributed by atoms with Crippen LogP contribution in [0.4, 0.5) is 0 Å². The Kier molecular flexibility index (Phi) is 8.35. The number of aliphatic hydroxyl groups is 3. The molecule has 4 aliphatic carbocycles. The monoisotopic (exact) mass is 632 g/mol. The quantitative estimate of drug-likeness (QED) is 0.400. The minimum Gasteiger partial charge on any atom is -0.396 e. The van der Waals surface area contributed by atoms with E-state index in [2.05, 4.69) is 37.8 Å². The lowest BCUT2D eigenvalue weighted by atomic mass is 9.45. The maximum absolute atomic E-state index is 14.2. The number of ketones is 1. The Morgan fingerprint density at radius 2 is 1.83 bits per heavy atom. The number of fused-ring (bicyclic) bond motifs is 2. The van der Waals surface area contributed by atoms with E-state index in [1.165, 1.54) is 0 Å². The Labute approximate surface area is 274 Å². The van der Waals surface area contributed by atoms with E-state index >= 15 is 0 Å². The first-order valence-corrected chi connectivity index (χ1v) is 17.6. The second kappa shape index (κ2) is 11.8. The lowest BCUT2D eigenvalue weighted by Gasteiger charge is -2.61. The summed E-state index contributed by atoms with van der Waals surface area (Å²) in [5, 5.41) is 34.3. The van der Waals surface area contributed by atoms with Crippen LogP contribution in [0, 0.1) is 52.3 Å². The number of allylic oxidation sites excluding steroid dienone is 1. The maximum atomic E-state index is 14.2. The van der Waals surface area contributed by atoms with Crippen LogP contribution in [0.25, 0.3) is 0 Å². The number of aliphatic hydroxyl groups excluding tert-OH is 2. The van der Waals surface area contributed by atoms with E-state index in [-0.39, 0.29) is 66.0 Å². The molecule has 13 atom stereocenters. The highest BCUT2D eigenvalue weighted by molar-refractivity contribution is 5.95. The summed E-state index contributed by atoms with van der Waals surface area (Å²) in [6.45, 7) is 9.31. The maximum Gasteiger partial charge on any atom is 0.159 e. The molecule has 1 aromatic carbocycles. The number of rotatable bonds is 5. The zero-order valence-corrected chi connectivity index (χ0v) is 27.9. The molecule has 1 saturated heterocycles. The first-order valence-electron chi connectivity index (χ1n) is 17.6. The molecule has 3 N–H and O–H groups in total. The van der Waals surface area contributed by atoms with E-state index < -0.39 is 28.8 Å². The number of carbonyl (C=O) groups is 1. The van der Waals surface area contributed by atoms with Gasteiger partial charge in [0.1, 0.15) is 12.7 Å². The third-order valence-electron chi connectivity index (χ3n) is 13.9. The molecule has 4 heterocycles. The van der Waals surface area contributed by atoms with Crippen molar-refractivity contribution < 1.29 is 34.3 Å². The average Bonchev–Trinajstić information content (AvgIpc) is 3.57. The van der Waals surface area contributed by atoms with Crippen molar-refractivity contribution in [3.63, 3.8) is 0 Å². The first-order chi connectivity index (χ1) is 22.0. The predicted octanol–water partition coefficient (Wildman–Crippen LogP) is 4.82. The fourth-order valence-electron chi connectivity index (χ4n) is 11.1. The molecule has 0 amide bonds. The van der Waals surface area contributed by atoms with Crippen molar-refractivity contribution in [2.24, 2.45) is 40.4 Å². The van der Waals surface area contributed by atoms with Crippen molar-refractivity contribution in [3.8, 4) is 11.8 Å². The largest absolute Gasteiger partial charge is 0.396 e. The van der Waals surface area contributed by atoms with Gasteiger partial charge in [0.15, 0.2) is 5.78 Å². The van der Waals surface area contributed by atoms with Gasteiger partial charge in [-0.25, -0.2) is 0 Å². The van der Waals surface area contributed by atoms with Gasteiger partial charge in [-0.15, -0.1) is 0 Å². The fraction of sp³-hybridized carbons (Fsp3) is 0.718. The van der Waals surface area contributed by atoms with Crippen LogP contribution in [-0.2, 0) is 19.0 Å². The van der Waals surface area contributed by atoms with Crippen molar-refractivity contribution in [1.82, 2.24) is 0 Å². The number of carbonyl (C=O) groups excluding carboxylic acids is 1. The van der Waals surface area contributed by atoms with E-state index in [1.54, 1.807) is 6.92 Å². The van der Waals surface area contributed by atoms with Crippen LogP contribution in [0.3, 0.4) is 0 Å². The summed E-state index contributed by atoms with van der Waals surface area (Å²) in [4.78, 5) is 14.2. The second-order valence-electron chi connectivity index (χ2n) is 16.1. The van der Waals surface area contributed by atoms with Crippen LogP contribution in [0.15, 0.2) is 42.0 Å². The van der Waals surface area contributed by atoms with Crippen molar-refractivity contribution in [3.05, 3.63) is 47.5 Å². The Balaban J connectivity index is 1.29. The van der Waals surface area contributed by atoms with E-state index in [4.69, 9.17) is 14.2 Å². The molecule has 7 nitrogen and oxygen atoms in total. The summed E-state index contributed by atoms with van der Waals surface area (Å²) in [6, 6.07) is 10.2. The first kappa shape index (κ1) is 32.5. The van der Waals surface area contributed by atoms with Gasteiger partial charge in [0, 0.05) is 23.9 Å². The topological polar surface area (TPSA) is 105 Å². The predicted molar refractivity (Wildman–Crippen MR) is 174 cm³/mol. The Morgan fingerprint density at radius 3 is 2.59 bits per heavy atom. The van der Waals surface area contributed by atoms with Crippen LogP contribution >= 0.6 is 0 Å². The highest BCUT2D eigenvalue weighted by Gasteiger charge is 2.70. The molecule has 0 radical (unpaired) electrons. The van der Waals surface area contributed by atoms with E-state index in [0.717, 1.165) is 43.2 Å². The van der Waals surface area contributed by atoms with E-state index in [9.17, 15) is 20.1 Å². The molecule has 1 spiro atoms. The normalized spacial score (nSPS) is 45.6. The second-order valence-corrected chi connectivity index (χ2v) is 16.1. The number of hydrogen-bond acceptors (Lipinski definition) is 7. The van der Waals surface area contributed by atoms with Crippen LogP contribution in [0.5, 0.6) is 0 Å². The molecule has 250 valence electrons. The Hall–Kier alpha value is -2.05. The molecule has 4 fully saturated rings. The lowest BCUT2D eigenvalue weighted by Crippen LogP contribution is -2.64. The number of benzene rings is 1. The standard InChI is InChI=1S/C39H52O7/c1-24-22-45-34(28(24)21-40)35(42)38(4,43)33-14-17-39-30-20-32(41)31-19-27(12-15-36(31,2)29(30)13-16-37(33,39)3)44-23-26(11-8-18-46-39)25-9-6-5-7-10-25/h5-7,9-10,20,24,26-29,31,33-35,40,42-43H,12-19,21-23H2,1-4H3/t24-,26+,27-,28+,29-,31-,33-,34-,35+,36+,37+,38-,39+/m0/s1. The fourth-order valence-corrected chi connectivity index (χ4v) is 11.1. The van der Waals surface area contributed by atoms with Crippen molar-refractivity contribution in [2.45, 2.75) is 108 Å². The van der Waals surface area contributed by atoms with Gasteiger partial charge in [-0.05, 0) is 92.3 Å². The third kappa shape index (κ3) is 4.81. The highest BCUT2D eigenvalue weighted by Crippen LogP contribution is 2.70. The van der Waals surface area contributed by atoms with Crippen molar-refractivity contribution in [2.75, 3.05) is 26.4 Å². The van der Waals surface area contributed by atoms with Crippen LogP contribution in [-0.4, -0.2) is 77.0 Å². The van der Waals surface area contributed by atoms with Gasteiger partial charge in [-0.2, -0.15) is 0 Å². The minimum atomic E-state index is -1.50. The molecule has 0 unspecified atom stereocenters. The van der Waals surface area contributed by atoms with Gasteiger partial charge >= 0.3 is 0 Å². The molecular formula is C39H52O7. The van der Waals surface area contributed by atoms with Crippen LogP contribution < -0.4 is 0 Å². The van der Waals surface area contributed by atoms with Crippen molar-refractivity contribution in [1.29, 1.82) is 0 Å². The molecule has 46 heavy (non-hydrogen) atoms. The van der Waals surface area contributed by atoms with Gasteiger partial charge in [0.05, 0.1) is 42.5 Å². The summed E-state index contributed by atoms with van der Waals surface area (Å²) < 4.78 is 19.6. The zero-order chi connectivity index (χ0) is 32.5. The molecule has 8 aliphatic rings. The summed E-state index contributed by atoms with van der Waals surface area (Å²) in [7, 11) is 0.